The molecule has 0 spiro atoms. The normalized spacial score (nSPS) is 16.7. The minimum Gasteiger partial charge on any atom is -0.490 e. The van der Waals surface area contributed by atoms with Crippen molar-refractivity contribution in [3.8, 4) is 11.5 Å². The van der Waals surface area contributed by atoms with Crippen LogP contribution in [0.4, 0.5) is 0 Å². The molecule has 2 N–H and O–H groups in total. The van der Waals surface area contributed by atoms with Crippen LogP contribution in [0.25, 0.3) is 0 Å². The lowest BCUT2D eigenvalue weighted by Gasteiger charge is -2.33. The average Bonchev–Trinajstić information content (AvgIpc) is 2.62. The predicted molar refractivity (Wildman–Crippen MR) is 85.9 cm³/mol. The maximum absolute atomic E-state index is 6.02. The molecule has 1 atom stereocenters. The number of nitrogens with two attached hydrogens (primary N) is 1. The van der Waals surface area contributed by atoms with E-state index in [0.29, 0.717) is 13.2 Å². The van der Waals surface area contributed by atoms with Crippen LogP contribution in [-0.4, -0.2) is 38.3 Å². The quantitative estimate of drug-likeness (QED) is 0.927. The number of rotatable bonds is 4. The molecule has 0 fully saturated rings. The van der Waals surface area contributed by atoms with E-state index in [-0.39, 0.29) is 11.5 Å². The molecule has 4 heteroatoms. The summed E-state index contributed by atoms with van der Waals surface area (Å²) in [7, 11) is 2.13. The molecule has 1 unspecified atom stereocenters. The molecule has 1 heterocycles. The van der Waals surface area contributed by atoms with Gasteiger partial charge in [0.15, 0.2) is 11.5 Å². The van der Waals surface area contributed by atoms with Crippen LogP contribution in [0.3, 0.4) is 0 Å². The van der Waals surface area contributed by atoms with Gasteiger partial charge >= 0.3 is 0 Å². The zero-order valence-electron chi connectivity index (χ0n) is 13.7. The van der Waals surface area contributed by atoms with E-state index in [2.05, 4.69) is 44.9 Å². The summed E-state index contributed by atoms with van der Waals surface area (Å²) in [6.07, 6.45) is 0.925. The molecule has 118 valence electrons. The summed E-state index contributed by atoms with van der Waals surface area (Å²) in [5, 5.41) is 0. The van der Waals surface area contributed by atoms with Gasteiger partial charge in [-0.15, -0.1) is 0 Å². The van der Waals surface area contributed by atoms with E-state index in [1.165, 1.54) is 5.56 Å². The van der Waals surface area contributed by atoms with Crippen molar-refractivity contribution >= 4 is 0 Å². The monoisotopic (exact) mass is 292 g/mol. The Morgan fingerprint density at radius 2 is 1.86 bits per heavy atom. The van der Waals surface area contributed by atoms with E-state index in [1.807, 2.05) is 6.07 Å². The molecule has 1 aliphatic rings. The number of hydrogen-bond donors (Lipinski definition) is 1. The summed E-state index contributed by atoms with van der Waals surface area (Å²) >= 11 is 0. The fraction of sp³-hybridized carbons (Fsp3) is 0.647. The highest BCUT2D eigenvalue weighted by molar-refractivity contribution is 5.44. The van der Waals surface area contributed by atoms with Crippen molar-refractivity contribution in [3.05, 3.63) is 23.8 Å². The van der Waals surface area contributed by atoms with E-state index in [9.17, 15) is 0 Å². The first-order chi connectivity index (χ1) is 9.90. The number of likely N-dealkylation sites (N-methyl/N-ethyl adjacent to an activating group) is 1. The molecular formula is C17H28N2O2. The van der Waals surface area contributed by atoms with E-state index in [4.69, 9.17) is 15.2 Å². The van der Waals surface area contributed by atoms with Gasteiger partial charge in [-0.25, -0.2) is 0 Å². The van der Waals surface area contributed by atoms with Crippen molar-refractivity contribution in [1.82, 2.24) is 4.90 Å². The predicted octanol–water partition coefficient (Wildman–Crippen LogP) is 2.83. The van der Waals surface area contributed by atoms with E-state index < -0.39 is 0 Å². The standard InChI is InChI=1S/C17H28N2O2/c1-17(2,3)12-19(4)14(11-18)13-6-7-15-16(10-13)21-9-5-8-20-15/h6-7,10,14H,5,8-9,11-12,18H2,1-4H3. The zero-order valence-corrected chi connectivity index (χ0v) is 13.7. The minimum atomic E-state index is 0.196. The van der Waals surface area contributed by atoms with Gasteiger partial charge in [-0.05, 0) is 30.2 Å². The Morgan fingerprint density at radius 1 is 1.19 bits per heavy atom. The molecule has 21 heavy (non-hydrogen) atoms. The van der Waals surface area contributed by atoms with Crippen LogP contribution in [-0.2, 0) is 0 Å². The fourth-order valence-corrected chi connectivity index (χ4v) is 2.82. The van der Waals surface area contributed by atoms with Gasteiger partial charge in [-0.2, -0.15) is 0 Å². The lowest BCUT2D eigenvalue weighted by molar-refractivity contribution is 0.175. The van der Waals surface area contributed by atoms with E-state index >= 15 is 0 Å². The highest BCUT2D eigenvalue weighted by Gasteiger charge is 2.22. The van der Waals surface area contributed by atoms with Crippen molar-refractivity contribution in [2.45, 2.75) is 33.2 Å². The van der Waals surface area contributed by atoms with Gasteiger partial charge in [-0.3, -0.25) is 4.90 Å². The third-order valence-corrected chi connectivity index (χ3v) is 3.64. The molecule has 0 saturated carbocycles. The van der Waals surface area contributed by atoms with Crippen LogP contribution in [0.15, 0.2) is 18.2 Å². The van der Waals surface area contributed by atoms with Crippen molar-refractivity contribution in [1.29, 1.82) is 0 Å². The largest absolute Gasteiger partial charge is 0.490 e. The molecule has 1 aromatic carbocycles. The highest BCUT2D eigenvalue weighted by atomic mass is 16.5. The molecule has 4 nitrogen and oxygen atoms in total. The second-order valence-electron chi connectivity index (χ2n) is 6.98. The van der Waals surface area contributed by atoms with Gasteiger partial charge in [0.2, 0.25) is 0 Å². The van der Waals surface area contributed by atoms with Gasteiger partial charge < -0.3 is 15.2 Å². The summed E-state index contributed by atoms with van der Waals surface area (Å²) in [6, 6.07) is 6.38. The Hall–Kier alpha value is -1.26. The Labute approximate surface area is 128 Å². The van der Waals surface area contributed by atoms with Crippen LogP contribution in [0.1, 0.15) is 38.8 Å². The summed E-state index contributed by atoms with van der Waals surface area (Å²) < 4.78 is 11.5. The molecule has 1 aliphatic heterocycles. The topological polar surface area (TPSA) is 47.7 Å². The Kier molecular flexibility index (Phi) is 5.12. The third-order valence-electron chi connectivity index (χ3n) is 3.64. The number of fused-ring (bicyclic) bond motifs is 1. The highest BCUT2D eigenvalue weighted by Crippen LogP contribution is 2.34. The maximum atomic E-state index is 6.02. The smallest absolute Gasteiger partial charge is 0.161 e. The molecule has 1 aromatic rings. The van der Waals surface area contributed by atoms with Crippen LogP contribution < -0.4 is 15.2 Å². The van der Waals surface area contributed by atoms with Crippen molar-refractivity contribution in [2.75, 3.05) is 33.4 Å². The fourth-order valence-electron chi connectivity index (χ4n) is 2.82. The number of nitrogens with zero attached hydrogens (tertiary/aromatic N) is 1. The second kappa shape index (κ2) is 6.67. The first-order valence-corrected chi connectivity index (χ1v) is 7.70. The molecule has 2 rings (SSSR count). The van der Waals surface area contributed by atoms with Crippen molar-refractivity contribution in [2.24, 2.45) is 11.1 Å². The Balaban J connectivity index is 2.20. The van der Waals surface area contributed by atoms with Crippen LogP contribution >= 0.6 is 0 Å². The molecule has 0 aromatic heterocycles. The molecule has 0 saturated heterocycles. The van der Waals surface area contributed by atoms with E-state index in [1.54, 1.807) is 0 Å². The molecule has 0 bridgehead atoms. The minimum absolute atomic E-state index is 0.196. The molecular weight excluding hydrogens is 264 g/mol. The second-order valence-corrected chi connectivity index (χ2v) is 6.98. The number of hydrogen-bond acceptors (Lipinski definition) is 4. The van der Waals surface area contributed by atoms with Crippen LogP contribution in [0.2, 0.25) is 0 Å². The maximum Gasteiger partial charge on any atom is 0.161 e. The van der Waals surface area contributed by atoms with Crippen molar-refractivity contribution in [3.63, 3.8) is 0 Å². The van der Waals surface area contributed by atoms with Crippen LogP contribution in [0.5, 0.6) is 11.5 Å². The van der Waals surface area contributed by atoms with Gasteiger partial charge in [0.25, 0.3) is 0 Å². The Bertz CT molecular complexity index is 468. The summed E-state index contributed by atoms with van der Waals surface area (Å²) in [5.41, 5.74) is 7.45. The molecule has 0 aliphatic carbocycles. The van der Waals surface area contributed by atoms with Gasteiger partial charge in [0, 0.05) is 25.6 Å². The summed E-state index contributed by atoms with van der Waals surface area (Å²) in [5.74, 6) is 1.68. The van der Waals surface area contributed by atoms with Crippen LogP contribution in [0, 0.1) is 5.41 Å². The van der Waals surface area contributed by atoms with Crippen molar-refractivity contribution < 1.29 is 9.47 Å². The van der Waals surface area contributed by atoms with Gasteiger partial charge in [0.1, 0.15) is 0 Å². The van der Waals surface area contributed by atoms with E-state index in [0.717, 1.165) is 31.1 Å². The lowest BCUT2D eigenvalue weighted by Crippen LogP contribution is -2.36. The molecule has 0 radical (unpaired) electrons. The molecule has 0 amide bonds. The summed E-state index contributed by atoms with van der Waals surface area (Å²) in [4.78, 5) is 2.32. The first kappa shape index (κ1) is 16.1. The average molecular weight is 292 g/mol. The Morgan fingerprint density at radius 3 is 2.48 bits per heavy atom. The first-order valence-electron chi connectivity index (χ1n) is 7.70. The SMILES string of the molecule is CN(CC(C)(C)C)C(CN)c1ccc2c(c1)OCCCO2. The zero-order chi connectivity index (χ0) is 15.5. The number of ether oxygens (including phenoxy) is 2. The number of benzene rings is 1. The third kappa shape index (κ3) is 4.35. The lowest BCUT2D eigenvalue weighted by atomic mass is 9.94. The summed E-state index contributed by atoms with van der Waals surface area (Å²) in [6.45, 7) is 9.73. The van der Waals surface area contributed by atoms with Gasteiger partial charge in [0.05, 0.1) is 13.2 Å². The van der Waals surface area contributed by atoms with Gasteiger partial charge in [-0.1, -0.05) is 26.8 Å².